The lowest BCUT2D eigenvalue weighted by Gasteiger charge is -2.08. The maximum absolute atomic E-state index is 11.7. The monoisotopic (exact) mass is 339 g/mol. The summed E-state index contributed by atoms with van der Waals surface area (Å²) in [6, 6.07) is 18.4. The Morgan fingerprint density at radius 3 is 2.60 bits per heavy atom. The van der Waals surface area contributed by atoms with Gasteiger partial charge in [0.1, 0.15) is 12.4 Å². The minimum absolute atomic E-state index is 0.185. The van der Waals surface area contributed by atoms with Crippen LogP contribution in [0.25, 0.3) is 0 Å². The molecule has 0 saturated heterocycles. The molecule has 132 valence electrons. The van der Waals surface area contributed by atoms with E-state index in [1.807, 2.05) is 30.3 Å². The summed E-state index contributed by atoms with van der Waals surface area (Å²) in [5, 5.41) is 2.93. The Balaban J connectivity index is 1.43. The van der Waals surface area contributed by atoms with E-state index in [4.69, 9.17) is 9.47 Å². The van der Waals surface area contributed by atoms with Gasteiger partial charge in [-0.3, -0.25) is 0 Å². The van der Waals surface area contributed by atoms with Gasteiger partial charge in [0.05, 0.1) is 6.61 Å². The van der Waals surface area contributed by atoms with Crippen LogP contribution in [0.15, 0.2) is 54.6 Å². The highest BCUT2D eigenvalue weighted by molar-refractivity contribution is 5.68. The molecule has 1 saturated carbocycles. The molecule has 0 bridgehead atoms. The Morgan fingerprint density at radius 1 is 1.12 bits per heavy atom. The van der Waals surface area contributed by atoms with Crippen LogP contribution in [0.1, 0.15) is 43.2 Å². The van der Waals surface area contributed by atoms with Crippen molar-refractivity contribution in [1.82, 2.24) is 5.32 Å². The minimum atomic E-state index is -0.302. The first-order chi connectivity index (χ1) is 12.3. The molecule has 2 aromatic rings. The van der Waals surface area contributed by atoms with E-state index in [2.05, 4.69) is 36.5 Å². The van der Waals surface area contributed by atoms with Crippen molar-refractivity contribution in [2.45, 2.75) is 44.8 Å². The van der Waals surface area contributed by atoms with E-state index in [9.17, 15) is 4.79 Å². The van der Waals surface area contributed by atoms with E-state index in [1.54, 1.807) is 0 Å². The lowest BCUT2D eigenvalue weighted by molar-refractivity contribution is 0.144. The van der Waals surface area contributed by atoms with Gasteiger partial charge in [-0.1, -0.05) is 55.8 Å². The van der Waals surface area contributed by atoms with Gasteiger partial charge in [-0.2, -0.15) is 0 Å². The molecule has 1 fully saturated rings. The van der Waals surface area contributed by atoms with E-state index in [0.29, 0.717) is 19.1 Å². The van der Waals surface area contributed by atoms with E-state index in [-0.39, 0.29) is 12.1 Å². The molecule has 0 unspecified atom stereocenters. The van der Waals surface area contributed by atoms with Gasteiger partial charge in [0.15, 0.2) is 0 Å². The number of rotatable bonds is 8. The summed E-state index contributed by atoms with van der Waals surface area (Å²) in [5.74, 6) is 1.23. The molecule has 3 rings (SSSR count). The largest absolute Gasteiger partial charge is 0.489 e. The zero-order chi connectivity index (χ0) is 17.5. The highest BCUT2D eigenvalue weighted by Crippen LogP contribution is 2.41. The van der Waals surface area contributed by atoms with Crippen LogP contribution in [-0.4, -0.2) is 18.7 Å². The molecular formula is C21H25NO3. The van der Waals surface area contributed by atoms with Gasteiger partial charge in [0.2, 0.25) is 0 Å². The van der Waals surface area contributed by atoms with Gasteiger partial charge < -0.3 is 14.8 Å². The first kappa shape index (κ1) is 17.3. The van der Waals surface area contributed by atoms with Gasteiger partial charge in [0, 0.05) is 12.0 Å². The highest BCUT2D eigenvalue weighted by atomic mass is 16.5. The summed E-state index contributed by atoms with van der Waals surface area (Å²) in [7, 11) is 0. The lowest BCUT2D eigenvalue weighted by Crippen LogP contribution is -2.27. The molecule has 0 spiro atoms. The molecule has 1 amide bonds. The fraction of sp³-hybridized carbons (Fsp3) is 0.381. The second-order valence-electron chi connectivity index (χ2n) is 6.43. The summed E-state index contributed by atoms with van der Waals surface area (Å²) < 4.78 is 10.9. The number of hydrogen-bond acceptors (Lipinski definition) is 3. The number of carbonyl (C=O) groups excluding carboxylic acids is 1. The number of hydrogen-bond donors (Lipinski definition) is 1. The van der Waals surface area contributed by atoms with Crippen molar-refractivity contribution < 1.29 is 14.3 Å². The smallest absolute Gasteiger partial charge is 0.407 e. The van der Waals surface area contributed by atoms with Gasteiger partial charge in [-0.25, -0.2) is 4.79 Å². The fourth-order valence-corrected chi connectivity index (χ4v) is 2.78. The molecule has 0 radical (unpaired) electrons. The predicted molar refractivity (Wildman–Crippen MR) is 97.8 cm³/mol. The second-order valence-corrected chi connectivity index (χ2v) is 6.43. The Kier molecular flexibility index (Phi) is 5.94. The average molecular weight is 339 g/mol. The molecule has 0 aliphatic heterocycles. The number of amides is 1. The zero-order valence-electron chi connectivity index (χ0n) is 14.6. The Bertz CT molecular complexity index is 669. The highest BCUT2D eigenvalue weighted by Gasteiger charge is 2.39. The van der Waals surface area contributed by atoms with Crippen molar-refractivity contribution in [1.29, 1.82) is 0 Å². The van der Waals surface area contributed by atoms with Crippen molar-refractivity contribution in [3.05, 3.63) is 65.7 Å². The number of nitrogens with one attached hydrogen (secondary N) is 1. The SMILES string of the molecule is CCCCOC(=O)N[C@@H]1C[C@H]1c1ccc(OCc2ccccc2)cc1. The van der Waals surface area contributed by atoms with Gasteiger partial charge in [-0.05, 0) is 36.1 Å². The predicted octanol–water partition coefficient (Wildman–Crippen LogP) is 4.65. The normalized spacial score (nSPS) is 18.4. The summed E-state index contributed by atoms with van der Waals surface area (Å²) in [6.07, 6.45) is 2.60. The Morgan fingerprint density at radius 2 is 1.88 bits per heavy atom. The molecule has 4 heteroatoms. The molecule has 2 atom stereocenters. The number of carbonyl (C=O) groups is 1. The number of benzene rings is 2. The van der Waals surface area contributed by atoms with Crippen LogP contribution in [0.2, 0.25) is 0 Å². The van der Waals surface area contributed by atoms with Crippen LogP contribution in [-0.2, 0) is 11.3 Å². The molecule has 1 N–H and O–H groups in total. The van der Waals surface area contributed by atoms with E-state index in [0.717, 1.165) is 30.6 Å². The van der Waals surface area contributed by atoms with Crippen LogP contribution in [0.3, 0.4) is 0 Å². The molecule has 1 aliphatic carbocycles. The fourth-order valence-electron chi connectivity index (χ4n) is 2.78. The van der Waals surface area contributed by atoms with Gasteiger partial charge >= 0.3 is 6.09 Å². The van der Waals surface area contributed by atoms with Crippen LogP contribution in [0.4, 0.5) is 4.79 Å². The third-order valence-corrected chi connectivity index (χ3v) is 4.38. The van der Waals surface area contributed by atoms with Crippen molar-refractivity contribution in [2.75, 3.05) is 6.61 Å². The van der Waals surface area contributed by atoms with Gasteiger partial charge in [-0.15, -0.1) is 0 Å². The zero-order valence-corrected chi connectivity index (χ0v) is 14.6. The third-order valence-electron chi connectivity index (χ3n) is 4.38. The first-order valence-corrected chi connectivity index (χ1v) is 8.96. The summed E-state index contributed by atoms with van der Waals surface area (Å²) in [6.45, 7) is 3.13. The Hall–Kier alpha value is -2.49. The van der Waals surface area contributed by atoms with Crippen molar-refractivity contribution >= 4 is 6.09 Å². The second kappa shape index (κ2) is 8.56. The summed E-state index contributed by atoms with van der Waals surface area (Å²) >= 11 is 0. The third kappa shape index (κ3) is 5.24. The maximum atomic E-state index is 11.7. The van der Waals surface area contributed by atoms with E-state index in [1.165, 1.54) is 5.56 Å². The molecule has 2 aromatic carbocycles. The van der Waals surface area contributed by atoms with Crippen LogP contribution < -0.4 is 10.1 Å². The minimum Gasteiger partial charge on any atom is -0.489 e. The average Bonchev–Trinajstić information content (AvgIpc) is 3.40. The van der Waals surface area contributed by atoms with E-state index >= 15 is 0 Å². The van der Waals surface area contributed by atoms with Crippen LogP contribution in [0.5, 0.6) is 5.75 Å². The topological polar surface area (TPSA) is 47.6 Å². The van der Waals surface area contributed by atoms with Crippen LogP contribution >= 0.6 is 0 Å². The van der Waals surface area contributed by atoms with Crippen molar-refractivity contribution in [3.8, 4) is 5.75 Å². The molecule has 25 heavy (non-hydrogen) atoms. The number of alkyl carbamates (subject to hydrolysis) is 1. The van der Waals surface area contributed by atoms with Crippen molar-refractivity contribution in [2.24, 2.45) is 0 Å². The first-order valence-electron chi connectivity index (χ1n) is 8.96. The molecule has 0 aromatic heterocycles. The number of unbranched alkanes of at least 4 members (excludes halogenated alkanes) is 1. The summed E-state index contributed by atoms with van der Waals surface area (Å²) in [4.78, 5) is 11.7. The molecule has 1 aliphatic rings. The number of ether oxygens (including phenoxy) is 2. The molecule has 0 heterocycles. The van der Waals surface area contributed by atoms with E-state index < -0.39 is 0 Å². The lowest BCUT2D eigenvalue weighted by atomic mass is 10.1. The molecule has 4 nitrogen and oxygen atoms in total. The van der Waals surface area contributed by atoms with Crippen molar-refractivity contribution in [3.63, 3.8) is 0 Å². The molecular weight excluding hydrogens is 314 g/mol. The maximum Gasteiger partial charge on any atom is 0.407 e. The van der Waals surface area contributed by atoms with Gasteiger partial charge in [0.25, 0.3) is 0 Å². The standard InChI is InChI=1S/C21H25NO3/c1-2-3-13-24-21(23)22-20-14-19(20)17-9-11-18(12-10-17)25-15-16-7-5-4-6-8-16/h4-12,19-20H,2-3,13-15H2,1H3,(H,22,23)/t19-,20+/m0/s1. The van der Waals surface area contributed by atoms with Crippen LogP contribution in [0, 0.1) is 0 Å². The quantitative estimate of drug-likeness (QED) is 0.712. The summed E-state index contributed by atoms with van der Waals surface area (Å²) in [5.41, 5.74) is 2.38. The Labute approximate surface area is 149 Å².